The molecule has 1 aliphatic heterocycles. The van der Waals surface area contributed by atoms with E-state index in [-0.39, 0.29) is 34.7 Å². The van der Waals surface area contributed by atoms with E-state index in [1.807, 2.05) is 0 Å². The van der Waals surface area contributed by atoms with E-state index in [2.05, 4.69) is 10.4 Å². The number of nitrogens with zero attached hydrogens (tertiary/aromatic N) is 2. The Morgan fingerprint density at radius 2 is 1.78 bits per heavy atom. The zero-order chi connectivity index (χ0) is 26.1. The highest BCUT2D eigenvalue weighted by Crippen LogP contribution is 2.27. The van der Waals surface area contributed by atoms with Gasteiger partial charge in [0.15, 0.2) is 5.78 Å². The van der Waals surface area contributed by atoms with Crippen molar-refractivity contribution >= 4 is 22.6 Å². The molecule has 1 aliphatic carbocycles. The molecule has 0 bridgehead atoms. The summed E-state index contributed by atoms with van der Waals surface area (Å²) in [4.78, 5) is 52.5. The Hall–Kier alpha value is -4.34. The van der Waals surface area contributed by atoms with Gasteiger partial charge < -0.3 is 0 Å². The molecule has 0 unspecified atom stereocenters. The van der Waals surface area contributed by atoms with Crippen LogP contribution in [0.15, 0.2) is 70.0 Å². The fraction of sp³-hybridized carbons (Fsp3) is 0.259. The van der Waals surface area contributed by atoms with Crippen LogP contribution in [0.1, 0.15) is 48.0 Å². The molecule has 1 amide bonds. The Labute approximate surface area is 209 Å². The molecular weight excluding hydrogens is 482 g/mol. The Kier molecular flexibility index (Phi) is 6.56. The number of H-pyrrole nitrogens is 1. The number of nitrogens with one attached hydrogen (secondary N) is 2. The smallest absolute Gasteiger partial charge is 0.298 e. The Bertz CT molecular complexity index is 1580. The number of ketones is 1. The van der Waals surface area contributed by atoms with Crippen LogP contribution >= 0.6 is 0 Å². The molecule has 8 nitrogen and oxygen atoms in total. The zero-order valence-corrected chi connectivity index (χ0v) is 19.8. The molecule has 10 heteroatoms. The fourth-order valence-corrected chi connectivity index (χ4v) is 4.87. The average Bonchev–Trinajstić information content (AvgIpc) is 2.91. The summed E-state index contributed by atoms with van der Waals surface area (Å²) in [5.41, 5.74) is 1.79. The van der Waals surface area contributed by atoms with Crippen molar-refractivity contribution in [1.29, 1.82) is 0 Å². The van der Waals surface area contributed by atoms with Crippen molar-refractivity contribution in [2.75, 3.05) is 0 Å². The number of carbonyl (C=O) groups excluding carboxylic acids is 2. The van der Waals surface area contributed by atoms with Gasteiger partial charge in [-0.25, -0.2) is 18.6 Å². The number of rotatable bonds is 5. The summed E-state index contributed by atoms with van der Waals surface area (Å²) in [5.74, 6) is -2.26. The first kappa shape index (κ1) is 24.4. The zero-order valence-electron chi connectivity index (χ0n) is 19.8. The van der Waals surface area contributed by atoms with Crippen molar-refractivity contribution in [2.24, 2.45) is 5.92 Å². The summed E-state index contributed by atoms with van der Waals surface area (Å²) >= 11 is 0. The summed E-state index contributed by atoms with van der Waals surface area (Å²) in [6.45, 7) is -0.140. The number of allylic oxidation sites excluding steroid dienone is 2. The second-order valence-electron chi connectivity index (χ2n) is 9.21. The van der Waals surface area contributed by atoms with E-state index in [4.69, 9.17) is 0 Å². The Morgan fingerprint density at radius 3 is 2.51 bits per heavy atom. The van der Waals surface area contributed by atoms with Gasteiger partial charge in [-0.2, -0.15) is 0 Å². The number of halogens is 2. The van der Waals surface area contributed by atoms with Crippen LogP contribution in [0.5, 0.6) is 0 Å². The van der Waals surface area contributed by atoms with E-state index in [0.29, 0.717) is 11.1 Å². The van der Waals surface area contributed by atoms with Gasteiger partial charge in [0.1, 0.15) is 11.6 Å². The average molecular weight is 507 g/mol. The Morgan fingerprint density at radius 1 is 1.00 bits per heavy atom. The lowest BCUT2D eigenvalue weighted by Crippen LogP contribution is -2.38. The number of hydrogen-bond acceptors (Lipinski definition) is 5. The normalized spacial score (nSPS) is 15.9. The molecule has 1 saturated carbocycles. The molecule has 2 aromatic carbocycles. The minimum atomic E-state index is -0.846. The van der Waals surface area contributed by atoms with Crippen molar-refractivity contribution in [2.45, 2.75) is 38.6 Å². The van der Waals surface area contributed by atoms with Gasteiger partial charge >= 0.3 is 5.69 Å². The third-order valence-electron chi connectivity index (χ3n) is 6.82. The molecule has 1 aromatic heterocycles. The fourth-order valence-electron chi connectivity index (χ4n) is 4.87. The number of carbonyl (C=O) groups is 2. The molecule has 1 fully saturated rings. The van der Waals surface area contributed by atoms with Gasteiger partial charge in [-0.3, -0.25) is 29.4 Å². The highest BCUT2D eigenvalue weighted by molar-refractivity contribution is 6.00. The first-order valence-electron chi connectivity index (χ1n) is 12.1. The van der Waals surface area contributed by atoms with Crippen LogP contribution in [0.4, 0.5) is 8.78 Å². The van der Waals surface area contributed by atoms with E-state index in [9.17, 15) is 28.0 Å². The number of benzene rings is 2. The van der Waals surface area contributed by atoms with E-state index in [1.165, 1.54) is 42.7 Å². The van der Waals surface area contributed by atoms with Crippen LogP contribution in [0.25, 0.3) is 10.9 Å². The quantitative estimate of drug-likeness (QED) is 0.551. The molecule has 0 saturated heterocycles. The van der Waals surface area contributed by atoms with E-state index in [1.54, 1.807) is 0 Å². The van der Waals surface area contributed by atoms with Gasteiger partial charge in [-0.05, 0) is 48.7 Å². The summed E-state index contributed by atoms with van der Waals surface area (Å²) < 4.78 is 30.0. The second-order valence-corrected chi connectivity index (χ2v) is 9.21. The van der Waals surface area contributed by atoms with Crippen molar-refractivity contribution in [3.63, 3.8) is 0 Å². The number of hydrogen-bond donors (Lipinski definition) is 2. The van der Waals surface area contributed by atoms with Crippen LogP contribution in [0, 0.1) is 17.6 Å². The van der Waals surface area contributed by atoms with E-state index in [0.717, 1.165) is 53.8 Å². The largest absolute Gasteiger partial charge is 0.329 e. The SMILES string of the molecule is O=C(C1=CNN(C(=O)c2cc(Cn3c(=O)[nH]c(=O)c4c(F)cccc43)ccc2F)C=C1)C1CCCCC1. The third-order valence-corrected chi connectivity index (χ3v) is 6.82. The minimum Gasteiger partial charge on any atom is -0.298 e. The number of aromatic amines is 1. The van der Waals surface area contributed by atoms with Crippen molar-refractivity contribution in [3.8, 4) is 0 Å². The summed E-state index contributed by atoms with van der Waals surface area (Å²) in [5, 5.41) is 0.796. The van der Waals surface area contributed by atoms with Gasteiger partial charge in [0, 0.05) is 23.9 Å². The minimum absolute atomic E-state index is 0.0243. The van der Waals surface area contributed by atoms with Crippen LogP contribution in [-0.4, -0.2) is 26.3 Å². The summed E-state index contributed by atoms with van der Waals surface area (Å²) in [7, 11) is 0. The molecule has 3 aromatic rings. The lowest BCUT2D eigenvalue weighted by molar-refractivity contribution is -0.119. The van der Waals surface area contributed by atoms with Gasteiger partial charge in [-0.15, -0.1) is 0 Å². The molecule has 2 heterocycles. The molecule has 0 atom stereocenters. The molecule has 37 heavy (non-hydrogen) atoms. The maximum absolute atomic E-state index is 14.7. The topological polar surface area (TPSA) is 104 Å². The highest BCUT2D eigenvalue weighted by atomic mass is 19.1. The number of aromatic nitrogens is 2. The highest BCUT2D eigenvalue weighted by Gasteiger charge is 2.26. The van der Waals surface area contributed by atoms with Crippen LogP contribution in [0.2, 0.25) is 0 Å². The van der Waals surface area contributed by atoms with Gasteiger partial charge in [-0.1, -0.05) is 31.4 Å². The number of fused-ring (bicyclic) bond motifs is 1. The molecule has 0 spiro atoms. The Balaban J connectivity index is 1.38. The molecule has 2 aliphatic rings. The number of hydrazine groups is 1. The van der Waals surface area contributed by atoms with E-state index < -0.39 is 28.8 Å². The van der Waals surface area contributed by atoms with Crippen molar-refractivity contribution in [3.05, 3.63) is 104 Å². The number of Topliss-reactive ketones (excluding diaryl/α,β-unsaturated/α-hetero) is 1. The first-order chi connectivity index (χ1) is 17.8. The molecule has 5 rings (SSSR count). The lowest BCUT2D eigenvalue weighted by atomic mass is 9.84. The van der Waals surface area contributed by atoms with Gasteiger partial charge in [0.05, 0.1) is 23.0 Å². The molecule has 190 valence electrons. The van der Waals surface area contributed by atoms with Crippen LogP contribution in [0.3, 0.4) is 0 Å². The number of amides is 1. The monoisotopic (exact) mass is 506 g/mol. The lowest BCUT2D eigenvalue weighted by Gasteiger charge is -2.25. The van der Waals surface area contributed by atoms with Crippen molar-refractivity contribution in [1.82, 2.24) is 20.0 Å². The van der Waals surface area contributed by atoms with E-state index >= 15 is 0 Å². The van der Waals surface area contributed by atoms with Gasteiger partial charge in [0.2, 0.25) is 0 Å². The summed E-state index contributed by atoms with van der Waals surface area (Å²) in [6.07, 6.45) is 9.25. The van der Waals surface area contributed by atoms with Gasteiger partial charge in [0.25, 0.3) is 11.5 Å². The summed E-state index contributed by atoms with van der Waals surface area (Å²) in [6, 6.07) is 7.72. The van der Waals surface area contributed by atoms with Crippen LogP contribution in [-0.2, 0) is 11.3 Å². The molecule has 0 radical (unpaired) electrons. The predicted molar refractivity (Wildman–Crippen MR) is 132 cm³/mol. The first-order valence-corrected chi connectivity index (χ1v) is 12.1. The van der Waals surface area contributed by atoms with Crippen LogP contribution < -0.4 is 16.7 Å². The van der Waals surface area contributed by atoms with Crippen molar-refractivity contribution < 1.29 is 18.4 Å². The maximum atomic E-state index is 14.7. The predicted octanol–water partition coefficient (Wildman–Crippen LogP) is 3.52. The standard InChI is InChI=1S/C27H24F2N4O4/c28-20-10-9-16(15-32-22-8-4-7-21(29)23(22)25(35)31-27(32)37)13-19(20)26(36)33-12-11-18(14-30-33)24(34)17-5-2-1-3-6-17/h4,7-14,17,30H,1-3,5-6,15H2,(H,31,35,37). The molecular formula is C27H24F2N4O4. The maximum Gasteiger partial charge on any atom is 0.329 e. The third kappa shape index (κ3) is 4.74. The second kappa shape index (κ2) is 9.96. The molecule has 2 N–H and O–H groups in total.